The first-order valence-electron chi connectivity index (χ1n) is 9.97. The highest BCUT2D eigenvalue weighted by molar-refractivity contribution is 5.63. The van der Waals surface area contributed by atoms with Crippen LogP contribution in [0, 0.1) is 0 Å². The molecule has 1 aliphatic heterocycles. The maximum Gasteiger partial charge on any atom is 0.0972 e. The highest BCUT2D eigenvalue weighted by atomic mass is 16.3. The quantitative estimate of drug-likeness (QED) is 0.718. The highest BCUT2D eigenvalue weighted by Crippen LogP contribution is 2.25. The number of piperazine rings is 1. The van der Waals surface area contributed by atoms with E-state index in [1.165, 1.54) is 5.56 Å². The second-order valence-electron chi connectivity index (χ2n) is 7.53. The van der Waals surface area contributed by atoms with Gasteiger partial charge in [0.2, 0.25) is 0 Å². The Morgan fingerprint density at radius 2 is 1.71 bits per heavy atom. The first kappa shape index (κ1) is 18.9. The van der Waals surface area contributed by atoms with Crippen molar-refractivity contribution in [3.05, 3.63) is 72.4 Å². The van der Waals surface area contributed by atoms with E-state index < -0.39 is 0 Å². The van der Waals surface area contributed by atoms with Gasteiger partial charge in [-0.3, -0.25) is 4.90 Å². The van der Waals surface area contributed by atoms with Crippen molar-refractivity contribution in [2.75, 3.05) is 33.3 Å². The first-order valence-corrected chi connectivity index (χ1v) is 9.97. The minimum Gasteiger partial charge on any atom is -0.396 e. The molecule has 5 heteroatoms. The Labute approximate surface area is 166 Å². The number of aromatic nitrogens is 2. The van der Waals surface area contributed by atoms with Crippen LogP contribution in [-0.4, -0.2) is 64.0 Å². The summed E-state index contributed by atoms with van der Waals surface area (Å²) >= 11 is 0. The van der Waals surface area contributed by atoms with Gasteiger partial charge in [0.05, 0.1) is 11.4 Å². The summed E-state index contributed by atoms with van der Waals surface area (Å²) in [5, 5.41) is 14.3. The Hall–Kier alpha value is -2.47. The third kappa shape index (κ3) is 4.17. The molecule has 1 aliphatic rings. The minimum absolute atomic E-state index is 0.240. The standard InChI is InChI=1S/C23H28N4O/c1-25-13-14-26(18-22(25)12-15-28)16-20-17-27(21-10-6-3-7-11-21)24-23(20)19-8-4-2-5-9-19/h2-11,17,22,28H,12-16,18H2,1H3. The number of benzene rings is 2. The van der Waals surface area contributed by atoms with Crippen molar-refractivity contribution in [2.24, 2.45) is 0 Å². The summed E-state index contributed by atoms with van der Waals surface area (Å²) in [5.41, 5.74) is 4.50. The van der Waals surface area contributed by atoms with Gasteiger partial charge in [-0.1, -0.05) is 48.5 Å². The molecule has 1 unspecified atom stereocenters. The molecular formula is C23H28N4O. The Morgan fingerprint density at radius 1 is 1.00 bits per heavy atom. The van der Waals surface area contributed by atoms with Crippen LogP contribution in [0.1, 0.15) is 12.0 Å². The fourth-order valence-corrected chi connectivity index (χ4v) is 3.93. The van der Waals surface area contributed by atoms with E-state index in [1.807, 2.05) is 28.9 Å². The van der Waals surface area contributed by atoms with Gasteiger partial charge in [-0.15, -0.1) is 0 Å². The molecule has 2 aromatic carbocycles. The van der Waals surface area contributed by atoms with Crippen molar-refractivity contribution in [2.45, 2.75) is 19.0 Å². The van der Waals surface area contributed by atoms with Crippen LogP contribution in [0.25, 0.3) is 16.9 Å². The molecule has 0 bridgehead atoms. The fourth-order valence-electron chi connectivity index (χ4n) is 3.93. The number of likely N-dealkylation sites (N-methyl/N-ethyl adjacent to an activating group) is 1. The van der Waals surface area contributed by atoms with Crippen molar-refractivity contribution < 1.29 is 5.11 Å². The van der Waals surface area contributed by atoms with Crippen LogP contribution in [0.3, 0.4) is 0 Å². The van der Waals surface area contributed by atoms with Gasteiger partial charge in [0.15, 0.2) is 0 Å². The lowest BCUT2D eigenvalue weighted by molar-refractivity contribution is 0.0744. The molecule has 2 heterocycles. The Morgan fingerprint density at radius 3 is 2.43 bits per heavy atom. The van der Waals surface area contributed by atoms with Crippen molar-refractivity contribution in [3.8, 4) is 16.9 Å². The van der Waals surface area contributed by atoms with E-state index in [1.54, 1.807) is 0 Å². The van der Waals surface area contributed by atoms with E-state index >= 15 is 0 Å². The van der Waals surface area contributed by atoms with Crippen LogP contribution >= 0.6 is 0 Å². The highest BCUT2D eigenvalue weighted by Gasteiger charge is 2.25. The first-order chi connectivity index (χ1) is 13.7. The number of para-hydroxylation sites is 1. The van der Waals surface area contributed by atoms with Crippen molar-refractivity contribution >= 4 is 0 Å². The van der Waals surface area contributed by atoms with Gasteiger partial charge in [-0.05, 0) is 25.6 Å². The van der Waals surface area contributed by atoms with Gasteiger partial charge in [0, 0.05) is 56.2 Å². The molecule has 1 saturated heterocycles. The van der Waals surface area contributed by atoms with E-state index in [9.17, 15) is 5.11 Å². The topological polar surface area (TPSA) is 44.5 Å². The maximum atomic E-state index is 9.38. The molecule has 146 valence electrons. The normalized spacial score (nSPS) is 18.4. The van der Waals surface area contributed by atoms with Crippen LogP contribution < -0.4 is 0 Å². The molecule has 4 rings (SSSR count). The number of rotatable bonds is 6. The number of aliphatic hydroxyl groups is 1. The molecule has 3 aromatic rings. The Balaban J connectivity index is 1.63. The molecule has 0 saturated carbocycles. The molecule has 28 heavy (non-hydrogen) atoms. The second-order valence-corrected chi connectivity index (χ2v) is 7.53. The number of nitrogens with zero attached hydrogens (tertiary/aromatic N) is 4. The third-order valence-electron chi connectivity index (χ3n) is 5.58. The summed E-state index contributed by atoms with van der Waals surface area (Å²) in [6.07, 6.45) is 2.98. The maximum absolute atomic E-state index is 9.38. The molecule has 1 fully saturated rings. The predicted molar refractivity (Wildman–Crippen MR) is 112 cm³/mol. The summed E-state index contributed by atoms with van der Waals surface area (Å²) in [5.74, 6) is 0. The zero-order chi connectivity index (χ0) is 19.3. The van der Waals surface area contributed by atoms with Crippen LogP contribution in [0.5, 0.6) is 0 Å². The Kier molecular flexibility index (Phi) is 5.86. The van der Waals surface area contributed by atoms with E-state index in [-0.39, 0.29) is 6.61 Å². The summed E-state index contributed by atoms with van der Waals surface area (Å²) in [7, 11) is 2.15. The summed E-state index contributed by atoms with van der Waals surface area (Å²) in [6, 6.07) is 21.1. The van der Waals surface area contributed by atoms with Crippen molar-refractivity contribution in [1.29, 1.82) is 0 Å². The third-order valence-corrected chi connectivity index (χ3v) is 5.58. The van der Waals surface area contributed by atoms with Gasteiger partial charge in [0.1, 0.15) is 0 Å². The Bertz CT molecular complexity index is 878. The smallest absolute Gasteiger partial charge is 0.0972 e. The molecule has 1 atom stereocenters. The molecule has 1 aromatic heterocycles. The van der Waals surface area contributed by atoms with E-state index in [2.05, 4.69) is 59.4 Å². The lowest BCUT2D eigenvalue weighted by atomic mass is 10.1. The molecular weight excluding hydrogens is 348 g/mol. The van der Waals surface area contributed by atoms with Gasteiger partial charge in [-0.2, -0.15) is 5.10 Å². The van der Waals surface area contributed by atoms with E-state index in [0.29, 0.717) is 6.04 Å². The fraction of sp³-hybridized carbons (Fsp3) is 0.348. The summed E-state index contributed by atoms with van der Waals surface area (Å²) in [4.78, 5) is 4.84. The van der Waals surface area contributed by atoms with Crippen molar-refractivity contribution in [1.82, 2.24) is 19.6 Å². The zero-order valence-corrected chi connectivity index (χ0v) is 16.4. The lowest BCUT2D eigenvalue weighted by Crippen LogP contribution is -2.51. The van der Waals surface area contributed by atoms with Crippen LogP contribution in [0.2, 0.25) is 0 Å². The molecule has 5 nitrogen and oxygen atoms in total. The van der Waals surface area contributed by atoms with E-state index in [0.717, 1.165) is 49.5 Å². The van der Waals surface area contributed by atoms with Gasteiger partial charge in [0.25, 0.3) is 0 Å². The van der Waals surface area contributed by atoms with Crippen LogP contribution in [0.15, 0.2) is 66.9 Å². The van der Waals surface area contributed by atoms with Gasteiger partial charge in [-0.25, -0.2) is 4.68 Å². The molecule has 0 spiro atoms. The van der Waals surface area contributed by atoms with Crippen LogP contribution in [0.4, 0.5) is 0 Å². The van der Waals surface area contributed by atoms with E-state index in [4.69, 9.17) is 5.10 Å². The molecule has 1 N–H and O–H groups in total. The SMILES string of the molecule is CN1CCN(Cc2cn(-c3ccccc3)nc2-c2ccccc2)CC1CCO. The molecule has 0 aliphatic carbocycles. The van der Waals surface area contributed by atoms with Gasteiger partial charge >= 0.3 is 0 Å². The largest absolute Gasteiger partial charge is 0.396 e. The average Bonchev–Trinajstić information content (AvgIpc) is 3.16. The van der Waals surface area contributed by atoms with Gasteiger partial charge < -0.3 is 10.0 Å². The van der Waals surface area contributed by atoms with Crippen molar-refractivity contribution in [3.63, 3.8) is 0 Å². The molecule has 0 amide bonds. The average molecular weight is 377 g/mol. The summed E-state index contributed by atoms with van der Waals surface area (Å²) in [6.45, 7) is 4.14. The van der Waals surface area contributed by atoms with Crippen LogP contribution in [-0.2, 0) is 6.54 Å². The monoisotopic (exact) mass is 376 g/mol. The number of hydrogen-bond acceptors (Lipinski definition) is 4. The second kappa shape index (κ2) is 8.69. The lowest BCUT2D eigenvalue weighted by Gasteiger charge is -2.39. The summed E-state index contributed by atoms with van der Waals surface area (Å²) < 4.78 is 1.99. The predicted octanol–water partition coefficient (Wildman–Crippen LogP) is 3.04. The number of aliphatic hydroxyl groups excluding tert-OH is 1. The zero-order valence-electron chi connectivity index (χ0n) is 16.4. The number of hydrogen-bond donors (Lipinski definition) is 1. The molecule has 0 radical (unpaired) electrons. The minimum atomic E-state index is 0.240.